The third kappa shape index (κ3) is 14.6. The molecule has 28 heteroatoms. The van der Waals surface area contributed by atoms with E-state index in [1.54, 1.807) is 0 Å². The molecule has 8 bridgehead atoms. The Balaban J connectivity index is 1.74. The molecule has 512 valence electrons. The van der Waals surface area contributed by atoms with Gasteiger partial charge in [0, 0.05) is 194 Å². The summed E-state index contributed by atoms with van der Waals surface area (Å²) in [7, 11) is 0. The van der Waals surface area contributed by atoms with E-state index in [2.05, 4.69) is 0 Å². The molecule has 0 radical (unpaired) electrons. The molecule has 0 N–H and O–H groups in total. The molecule has 28 nitrogen and oxygen atoms in total. The Morgan fingerprint density at radius 3 is 0.470 bits per heavy atom. The van der Waals surface area contributed by atoms with Crippen LogP contribution in [0.25, 0.3) is 0 Å². The fourth-order valence-electron chi connectivity index (χ4n) is 12.5. The van der Waals surface area contributed by atoms with Crippen LogP contribution in [-0.2, 0) is 38.4 Å². The standard InChI is InChI=1S/C72H60N4O24/c1-33-65(93-37(5)77)53-29-54(66(33)94-38(6)78)62(46-15-23-50(24-16-46)74(87)88)56-31-58(70(98-42(10)82)35(3)68(56)96-40(8)80)64(48-19-27-52(28-20-48)76(91)92)60-32-59(71(99-43(11)83)36(4)72(60)100-44(12)84)63(47-17-25-51(26-18-47)75(89)90)57-30-55(61(53)45-13-21-49(22-14-45)73(85)86)67(95-39(7)79)34(2)69(57)97-41(9)81/h13-32,61-64H,1-12H3. The van der Waals surface area contributed by atoms with Gasteiger partial charge in [-0.3, -0.25) is 78.8 Å². The molecule has 8 aromatic carbocycles. The van der Waals surface area contributed by atoms with E-state index in [0.717, 1.165) is 104 Å². The van der Waals surface area contributed by atoms with E-state index >= 15 is 0 Å². The van der Waals surface area contributed by atoms with Crippen LogP contribution in [0.15, 0.2) is 121 Å². The van der Waals surface area contributed by atoms with E-state index in [1.807, 2.05) is 0 Å². The Bertz CT molecular complexity index is 4040. The monoisotopic (exact) mass is 1360 g/mol. The van der Waals surface area contributed by atoms with Crippen molar-refractivity contribution >= 4 is 70.5 Å². The molecule has 100 heavy (non-hydrogen) atoms. The van der Waals surface area contributed by atoms with Crippen molar-refractivity contribution in [2.45, 2.75) is 107 Å². The fraction of sp³-hybridized carbons (Fsp3) is 0.222. The molecule has 0 atom stereocenters. The summed E-state index contributed by atoms with van der Waals surface area (Å²) in [6.45, 7) is 13.9. The first-order valence-electron chi connectivity index (χ1n) is 30.3. The third-order valence-electron chi connectivity index (χ3n) is 16.3. The summed E-state index contributed by atoms with van der Waals surface area (Å²) < 4.78 is 49.8. The van der Waals surface area contributed by atoms with Crippen LogP contribution >= 0.6 is 0 Å². The maximum absolute atomic E-state index is 13.9. The number of nitro benzene ring substituents is 4. The highest BCUT2D eigenvalue weighted by Gasteiger charge is 2.42. The number of benzene rings is 8. The maximum atomic E-state index is 13.9. The Kier molecular flexibility index (Phi) is 20.6. The zero-order valence-electron chi connectivity index (χ0n) is 55.4. The summed E-state index contributed by atoms with van der Waals surface area (Å²) in [5, 5.41) is 50.2. The molecule has 0 fully saturated rings. The first-order valence-corrected chi connectivity index (χ1v) is 30.3. The lowest BCUT2D eigenvalue weighted by molar-refractivity contribution is -0.385. The summed E-state index contributed by atoms with van der Waals surface area (Å²) >= 11 is 0. The number of nitrogens with zero attached hydrogens (tertiary/aromatic N) is 4. The number of fused-ring (bicyclic) bond motifs is 8. The number of non-ortho nitro benzene ring substituents is 4. The van der Waals surface area contributed by atoms with Crippen LogP contribution in [0.5, 0.6) is 46.0 Å². The number of esters is 8. The highest BCUT2D eigenvalue weighted by atomic mass is 16.6. The summed E-state index contributed by atoms with van der Waals surface area (Å²) in [6, 6.07) is 25.2. The highest BCUT2D eigenvalue weighted by molar-refractivity contribution is 5.83. The van der Waals surface area contributed by atoms with Gasteiger partial charge in [-0.25, -0.2) is 0 Å². The Labute approximate surface area is 567 Å². The van der Waals surface area contributed by atoms with Gasteiger partial charge in [0.15, 0.2) is 0 Å². The SMILES string of the molecule is CC(=O)Oc1c2cc(c(OC(C)=O)c1C)C(c1ccc([N+](=O)[O-])cc1)c1cc(c(OC(C)=O)c(C)c1OC(C)=O)C(c1ccc([N+](=O)[O-])cc1)c1cc(c(OC(C)=O)c(C)c1OC(C)=O)C(c1ccc([N+](=O)[O-])cc1)c1cc(c(OC(C)=O)c(C)c1OC(C)=O)C2c1ccc([N+](=O)[O-])cc1. The van der Waals surface area contributed by atoms with E-state index in [9.17, 15) is 78.8 Å². The van der Waals surface area contributed by atoms with Crippen molar-refractivity contribution in [3.63, 3.8) is 0 Å². The second-order valence-electron chi connectivity index (χ2n) is 23.2. The maximum Gasteiger partial charge on any atom is 0.308 e. The molecule has 1 aliphatic carbocycles. The van der Waals surface area contributed by atoms with Gasteiger partial charge in [0.05, 0.1) is 19.7 Å². The molecule has 9 rings (SSSR count). The summed E-state index contributed by atoms with van der Waals surface area (Å²) in [4.78, 5) is 159. The molecule has 0 saturated carbocycles. The van der Waals surface area contributed by atoms with Gasteiger partial charge in [-0.15, -0.1) is 0 Å². The van der Waals surface area contributed by atoms with Crippen LogP contribution in [0.1, 0.15) is 168 Å². The van der Waals surface area contributed by atoms with Gasteiger partial charge in [0.2, 0.25) is 0 Å². The molecule has 0 aromatic heterocycles. The zero-order chi connectivity index (χ0) is 73.2. The molecule has 0 spiro atoms. The Morgan fingerprint density at radius 2 is 0.370 bits per heavy atom. The zero-order valence-corrected chi connectivity index (χ0v) is 55.4. The first-order chi connectivity index (χ1) is 47.2. The quantitative estimate of drug-likeness (QED) is 0.0375. The third-order valence-corrected chi connectivity index (χ3v) is 16.3. The molecule has 0 aliphatic heterocycles. The lowest BCUT2D eigenvalue weighted by Crippen LogP contribution is -2.21. The average Bonchev–Trinajstić information content (AvgIpc) is 0.724. The number of hydrogen-bond acceptors (Lipinski definition) is 24. The van der Waals surface area contributed by atoms with Crippen molar-refractivity contribution in [1.82, 2.24) is 0 Å². The predicted octanol–water partition coefficient (Wildman–Crippen LogP) is 13.0. The van der Waals surface area contributed by atoms with E-state index in [-0.39, 0.29) is 135 Å². The van der Waals surface area contributed by atoms with Crippen molar-refractivity contribution in [3.05, 3.63) is 251 Å². The van der Waals surface area contributed by atoms with Crippen molar-refractivity contribution in [1.29, 1.82) is 0 Å². The van der Waals surface area contributed by atoms with Crippen molar-refractivity contribution < 1.29 is 95.9 Å². The fourth-order valence-corrected chi connectivity index (χ4v) is 12.5. The van der Waals surface area contributed by atoms with Crippen LogP contribution in [-0.4, -0.2) is 67.4 Å². The van der Waals surface area contributed by atoms with Crippen molar-refractivity contribution in [3.8, 4) is 46.0 Å². The number of carbonyl (C=O) groups is 8. The number of ether oxygens (including phenoxy) is 8. The van der Waals surface area contributed by atoms with Crippen LogP contribution < -0.4 is 37.9 Å². The van der Waals surface area contributed by atoms with Gasteiger partial charge in [0.1, 0.15) is 46.0 Å². The number of rotatable bonds is 16. The summed E-state index contributed by atoms with van der Waals surface area (Å²) in [6.07, 6.45) is 0. The van der Waals surface area contributed by atoms with E-state index in [4.69, 9.17) is 37.9 Å². The molecule has 0 saturated heterocycles. The number of hydrogen-bond donors (Lipinski definition) is 0. The largest absolute Gasteiger partial charge is 0.426 e. The van der Waals surface area contributed by atoms with Crippen LogP contribution in [0.2, 0.25) is 0 Å². The molecule has 0 unspecified atom stereocenters. The predicted molar refractivity (Wildman–Crippen MR) is 351 cm³/mol. The van der Waals surface area contributed by atoms with Gasteiger partial charge in [-0.2, -0.15) is 0 Å². The number of carbonyl (C=O) groups excluding carboxylic acids is 8. The van der Waals surface area contributed by atoms with Gasteiger partial charge < -0.3 is 37.9 Å². The molecular formula is C72H60N4O24. The summed E-state index contributed by atoms with van der Waals surface area (Å²) in [5.74, 6) is -17.4. The second kappa shape index (κ2) is 28.8. The lowest BCUT2D eigenvalue weighted by atomic mass is 9.73. The van der Waals surface area contributed by atoms with Gasteiger partial charge >= 0.3 is 47.8 Å². The van der Waals surface area contributed by atoms with Crippen molar-refractivity contribution in [2.24, 2.45) is 0 Å². The van der Waals surface area contributed by atoms with Crippen molar-refractivity contribution in [2.75, 3.05) is 0 Å². The summed E-state index contributed by atoms with van der Waals surface area (Å²) in [5.41, 5.74) is -3.13. The molecule has 1 aliphatic rings. The minimum absolute atomic E-state index is 0.0725. The Morgan fingerprint density at radius 1 is 0.250 bits per heavy atom. The Hall–Kier alpha value is -12.9. The molecule has 8 aromatic rings. The second-order valence-corrected chi connectivity index (χ2v) is 23.2. The normalized spacial score (nSPS) is 14.4. The molecule has 0 amide bonds. The van der Waals surface area contributed by atoms with Gasteiger partial charge in [0.25, 0.3) is 22.7 Å². The van der Waals surface area contributed by atoms with Crippen LogP contribution in [0.4, 0.5) is 22.7 Å². The van der Waals surface area contributed by atoms with Crippen LogP contribution in [0.3, 0.4) is 0 Å². The van der Waals surface area contributed by atoms with E-state index in [1.165, 1.54) is 100 Å². The number of nitro groups is 4. The van der Waals surface area contributed by atoms with Gasteiger partial charge in [-0.05, 0) is 74.2 Å². The lowest BCUT2D eigenvalue weighted by Gasteiger charge is -2.33. The van der Waals surface area contributed by atoms with E-state index < -0.39 is 114 Å². The molecular weight excluding hydrogens is 1300 g/mol. The minimum atomic E-state index is -1.63. The minimum Gasteiger partial charge on any atom is -0.426 e. The van der Waals surface area contributed by atoms with Gasteiger partial charge in [-0.1, -0.05) is 48.5 Å². The van der Waals surface area contributed by atoms with E-state index in [0.29, 0.717) is 0 Å². The topological polar surface area (TPSA) is 383 Å². The highest BCUT2D eigenvalue weighted by Crippen LogP contribution is 2.58. The van der Waals surface area contributed by atoms with Crippen LogP contribution in [0, 0.1) is 68.2 Å². The first kappa shape index (κ1) is 71.4. The smallest absolute Gasteiger partial charge is 0.308 e. The average molecular weight is 1370 g/mol. The molecule has 0 heterocycles.